The van der Waals surface area contributed by atoms with Gasteiger partial charge in [0, 0.05) is 17.8 Å². The van der Waals surface area contributed by atoms with Crippen molar-refractivity contribution < 1.29 is 22.7 Å². The Hall–Kier alpha value is -2.87. The van der Waals surface area contributed by atoms with Gasteiger partial charge in [-0.2, -0.15) is 0 Å². The minimum Gasteiger partial charge on any atom is -0.497 e. The van der Waals surface area contributed by atoms with Gasteiger partial charge in [-0.05, 0) is 48.9 Å². The van der Waals surface area contributed by atoms with Gasteiger partial charge in [0.1, 0.15) is 10.6 Å². The molecule has 2 amide bonds. The molecule has 0 fully saturated rings. The number of hydrogen-bond donors (Lipinski definition) is 1. The Kier molecular flexibility index (Phi) is 4.69. The average Bonchev–Trinajstić information content (AvgIpc) is 2.83. The molecule has 8 heteroatoms. The highest BCUT2D eigenvalue weighted by Crippen LogP contribution is 2.31. The van der Waals surface area contributed by atoms with Crippen LogP contribution in [0.4, 0.5) is 5.69 Å². The number of methoxy groups -OCH3 is 1. The van der Waals surface area contributed by atoms with E-state index in [4.69, 9.17) is 4.74 Å². The van der Waals surface area contributed by atoms with Crippen LogP contribution in [0.15, 0.2) is 47.4 Å². The van der Waals surface area contributed by atoms with E-state index in [2.05, 4.69) is 5.32 Å². The second-order valence-electron chi connectivity index (χ2n) is 5.78. The van der Waals surface area contributed by atoms with E-state index in [0.717, 1.165) is 4.31 Å². The van der Waals surface area contributed by atoms with Crippen molar-refractivity contribution in [3.05, 3.63) is 53.6 Å². The molecule has 1 aliphatic rings. The summed E-state index contributed by atoms with van der Waals surface area (Å²) in [4.78, 5) is 24.6. The number of carbonyl (C=O) groups is 2. The van der Waals surface area contributed by atoms with Gasteiger partial charge in [0.05, 0.1) is 12.7 Å². The largest absolute Gasteiger partial charge is 0.497 e. The molecule has 1 heterocycles. The van der Waals surface area contributed by atoms with Crippen LogP contribution in [-0.2, 0) is 10.0 Å². The number of nitrogens with zero attached hydrogens (tertiary/aromatic N) is 1. The molecule has 0 radical (unpaired) electrons. The van der Waals surface area contributed by atoms with Crippen LogP contribution >= 0.6 is 0 Å². The van der Waals surface area contributed by atoms with Crippen molar-refractivity contribution in [2.24, 2.45) is 0 Å². The van der Waals surface area contributed by atoms with Crippen molar-refractivity contribution in [2.45, 2.75) is 18.2 Å². The molecule has 0 spiro atoms. The molecule has 2 aromatic carbocycles. The van der Waals surface area contributed by atoms with Crippen LogP contribution in [0.3, 0.4) is 0 Å². The van der Waals surface area contributed by atoms with Crippen LogP contribution < -0.4 is 10.1 Å². The molecule has 136 valence electrons. The standard InChI is InChI=1S/C18H18N2O5S/c1-3-10-20-18(22)15-9-4-12(11-16(15)26(20,23)24)17(21)19-13-5-7-14(25-2)8-6-13/h4-9,11H,3,10H2,1-2H3,(H,19,21). The van der Waals surface area contributed by atoms with Crippen molar-refractivity contribution in [3.63, 3.8) is 0 Å². The monoisotopic (exact) mass is 374 g/mol. The molecule has 0 saturated heterocycles. The first kappa shape index (κ1) is 17.9. The Bertz CT molecular complexity index is 968. The Balaban J connectivity index is 1.88. The molecule has 0 saturated carbocycles. The van der Waals surface area contributed by atoms with E-state index in [-0.39, 0.29) is 22.6 Å². The number of anilines is 1. The molecule has 2 aromatic rings. The van der Waals surface area contributed by atoms with Crippen molar-refractivity contribution >= 4 is 27.5 Å². The van der Waals surface area contributed by atoms with Gasteiger partial charge in [0.2, 0.25) is 0 Å². The molecule has 26 heavy (non-hydrogen) atoms. The zero-order chi connectivity index (χ0) is 18.9. The van der Waals surface area contributed by atoms with Gasteiger partial charge in [-0.3, -0.25) is 9.59 Å². The lowest BCUT2D eigenvalue weighted by Gasteiger charge is -2.13. The number of amides is 2. The molecule has 0 aromatic heterocycles. The summed E-state index contributed by atoms with van der Waals surface area (Å²) in [6, 6.07) is 10.8. The van der Waals surface area contributed by atoms with Gasteiger partial charge in [-0.25, -0.2) is 12.7 Å². The number of nitrogens with one attached hydrogen (secondary N) is 1. The smallest absolute Gasteiger partial charge is 0.269 e. The maximum atomic E-state index is 12.5. The van der Waals surface area contributed by atoms with E-state index in [0.29, 0.717) is 17.9 Å². The number of benzene rings is 2. The number of sulfonamides is 1. The molecule has 0 bridgehead atoms. The molecular weight excluding hydrogens is 356 g/mol. The van der Waals surface area contributed by atoms with Gasteiger partial charge < -0.3 is 10.1 Å². The number of ether oxygens (including phenoxy) is 1. The van der Waals surface area contributed by atoms with Crippen molar-refractivity contribution in [2.75, 3.05) is 19.0 Å². The summed E-state index contributed by atoms with van der Waals surface area (Å²) in [5.74, 6) is -0.361. The van der Waals surface area contributed by atoms with Crippen molar-refractivity contribution in [1.29, 1.82) is 0 Å². The lowest BCUT2D eigenvalue weighted by Crippen LogP contribution is -2.30. The Morgan fingerprint density at radius 3 is 2.46 bits per heavy atom. The van der Waals surface area contributed by atoms with Crippen LogP contribution in [0.1, 0.15) is 34.1 Å². The maximum absolute atomic E-state index is 12.5. The summed E-state index contributed by atoms with van der Waals surface area (Å²) in [6.07, 6.45) is 0.518. The zero-order valence-corrected chi connectivity index (χ0v) is 15.2. The molecule has 0 aliphatic carbocycles. The summed E-state index contributed by atoms with van der Waals surface area (Å²) < 4.78 is 31.0. The molecule has 1 aliphatic heterocycles. The zero-order valence-electron chi connectivity index (χ0n) is 14.4. The van der Waals surface area contributed by atoms with E-state index in [1.807, 2.05) is 0 Å². The second-order valence-corrected chi connectivity index (χ2v) is 7.61. The van der Waals surface area contributed by atoms with Gasteiger partial charge in [0.25, 0.3) is 21.8 Å². The van der Waals surface area contributed by atoms with Gasteiger partial charge in [-0.1, -0.05) is 6.92 Å². The van der Waals surface area contributed by atoms with Gasteiger partial charge >= 0.3 is 0 Å². The van der Waals surface area contributed by atoms with Crippen LogP contribution in [0.5, 0.6) is 5.75 Å². The van der Waals surface area contributed by atoms with Gasteiger partial charge in [0.15, 0.2) is 0 Å². The third-order valence-corrected chi connectivity index (χ3v) is 5.87. The lowest BCUT2D eigenvalue weighted by atomic mass is 10.1. The highest BCUT2D eigenvalue weighted by atomic mass is 32.2. The molecule has 0 atom stereocenters. The fourth-order valence-corrected chi connectivity index (χ4v) is 4.40. The van der Waals surface area contributed by atoms with E-state index in [9.17, 15) is 18.0 Å². The van der Waals surface area contributed by atoms with E-state index < -0.39 is 21.8 Å². The number of hydrogen-bond acceptors (Lipinski definition) is 5. The van der Waals surface area contributed by atoms with Crippen LogP contribution in [0.2, 0.25) is 0 Å². The Labute approximate surface area is 151 Å². The molecule has 1 N–H and O–H groups in total. The Morgan fingerprint density at radius 1 is 1.15 bits per heavy atom. The molecule has 0 unspecified atom stereocenters. The second kappa shape index (κ2) is 6.80. The van der Waals surface area contributed by atoms with E-state index in [1.54, 1.807) is 38.3 Å². The predicted molar refractivity (Wildman–Crippen MR) is 95.9 cm³/mol. The first-order valence-corrected chi connectivity index (χ1v) is 9.49. The fraction of sp³-hybridized carbons (Fsp3) is 0.222. The quantitative estimate of drug-likeness (QED) is 0.868. The molecule has 7 nitrogen and oxygen atoms in total. The highest BCUT2D eigenvalue weighted by Gasteiger charge is 2.40. The van der Waals surface area contributed by atoms with Crippen molar-refractivity contribution in [3.8, 4) is 5.75 Å². The molecular formula is C18H18N2O5S. The number of carbonyl (C=O) groups excluding carboxylic acids is 2. The minimum absolute atomic E-state index is 0.0967. The maximum Gasteiger partial charge on any atom is 0.269 e. The average molecular weight is 374 g/mol. The predicted octanol–water partition coefficient (Wildman–Crippen LogP) is 2.50. The summed E-state index contributed by atoms with van der Waals surface area (Å²) in [5.41, 5.74) is 0.802. The number of fused-ring (bicyclic) bond motifs is 1. The lowest BCUT2D eigenvalue weighted by molar-refractivity contribution is 0.0870. The summed E-state index contributed by atoms with van der Waals surface area (Å²) in [7, 11) is -2.37. The first-order chi connectivity index (χ1) is 12.4. The van der Waals surface area contributed by atoms with Crippen LogP contribution in [0, 0.1) is 0 Å². The summed E-state index contributed by atoms with van der Waals surface area (Å²) >= 11 is 0. The molecule has 3 rings (SSSR count). The normalized spacial score (nSPS) is 14.8. The van der Waals surface area contributed by atoms with Gasteiger partial charge in [-0.15, -0.1) is 0 Å². The van der Waals surface area contributed by atoms with Crippen molar-refractivity contribution in [1.82, 2.24) is 4.31 Å². The first-order valence-electron chi connectivity index (χ1n) is 8.05. The SMILES string of the molecule is CCCN1C(=O)c2ccc(C(=O)Nc3ccc(OC)cc3)cc2S1(=O)=O. The highest BCUT2D eigenvalue weighted by molar-refractivity contribution is 7.90. The minimum atomic E-state index is -3.91. The fourth-order valence-electron chi connectivity index (χ4n) is 2.72. The van der Waals surface area contributed by atoms with Crippen LogP contribution in [0.25, 0.3) is 0 Å². The van der Waals surface area contributed by atoms with Crippen LogP contribution in [-0.4, -0.2) is 38.2 Å². The van der Waals surface area contributed by atoms with E-state index >= 15 is 0 Å². The summed E-state index contributed by atoms with van der Waals surface area (Å²) in [5, 5.41) is 2.69. The summed E-state index contributed by atoms with van der Waals surface area (Å²) in [6.45, 7) is 1.91. The topological polar surface area (TPSA) is 92.8 Å². The van der Waals surface area contributed by atoms with E-state index in [1.165, 1.54) is 18.2 Å². The Morgan fingerprint density at radius 2 is 1.85 bits per heavy atom. The third-order valence-electron chi connectivity index (χ3n) is 4.04. The number of rotatable bonds is 5. The third kappa shape index (κ3) is 3.03.